The highest BCUT2D eigenvalue weighted by atomic mass is 16.5. The molecule has 0 aromatic heterocycles. The van der Waals surface area contributed by atoms with E-state index in [2.05, 4.69) is 4.90 Å². The maximum Gasteiger partial charge on any atom is 0.307 e. The lowest BCUT2D eigenvalue weighted by atomic mass is 9.73. The lowest BCUT2D eigenvalue weighted by Gasteiger charge is -2.30. The van der Waals surface area contributed by atoms with Gasteiger partial charge < -0.3 is 9.47 Å². The molecule has 0 saturated carbocycles. The van der Waals surface area contributed by atoms with Crippen LogP contribution in [0.25, 0.3) is 0 Å². The van der Waals surface area contributed by atoms with Crippen LogP contribution in [0, 0.1) is 0 Å². The predicted octanol–water partition coefficient (Wildman–Crippen LogP) is 2.66. The van der Waals surface area contributed by atoms with E-state index in [-0.39, 0.29) is 24.1 Å². The summed E-state index contributed by atoms with van der Waals surface area (Å²) in [6.45, 7) is 5.34. The molecular weight excluding hydrogens is 382 g/mol. The van der Waals surface area contributed by atoms with Gasteiger partial charge in [-0.2, -0.15) is 0 Å². The fraction of sp³-hybridized carbons (Fsp3) is 0.375. The molecular formula is C24H25NO5. The van der Waals surface area contributed by atoms with Crippen LogP contribution in [-0.2, 0) is 19.7 Å². The van der Waals surface area contributed by atoms with Crippen LogP contribution in [0.1, 0.15) is 39.6 Å². The Hall–Kier alpha value is -2.83. The second-order valence-corrected chi connectivity index (χ2v) is 7.87. The number of morpholine rings is 1. The first-order chi connectivity index (χ1) is 14.5. The summed E-state index contributed by atoms with van der Waals surface area (Å²) < 4.78 is 11.0. The van der Waals surface area contributed by atoms with Crippen LogP contribution in [0.2, 0.25) is 0 Å². The largest absolute Gasteiger partial charge is 0.461 e. The molecule has 156 valence electrons. The van der Waals surface area contributed by atoms with E-state index >= 15 is 0 Å². The van der Waals surface area contributed by atoms with E-state index < -0.39 is 11.4 Å². The SMILES string of the molecule is C[C@H](CN1CCOCC1)OC(=O)CC1(c2ccccc2)C(=O)c2ccccc2C1=O. The molecule has 6 heteroatoms. The van der Waals surface area contributed by atoms with Gasteiger partial charge in [0, 0.05) is 30.8 Å². The predicted molar refractivity (Wildman–Crippen MR) is 111 cm³/mol. The molecule has 0 bridgehead atoms. The Morgan fingerprint density at radius 2 is 1.57 bits per heavy atom. The van der Waals surface area contributed by atoms with Gasteiger partial charge in [-0.25, -0.2) is 0 Å². The third kappa shape index (κ3) is 3.68. The van der Waals surface area contributed by atoms with Crippen LogP contribution in [-0.4, -0.2) is 61.4 Å². The molecule has 1 saturated heterocycles. The second-order valence-electron chi connectivity index (χ2n) is 7.87. The van der Waals surface area contributed by atoms with Gasteiger partial charge in [0.25, 0.3) is 0 Å². The van der Waals surface area contributed by atoms with Gasteiger partial charge in [0.15, 0.2) is 11.6 Å². The highest BCUT2D eigenvalue weighted by Gasteiger charge is 2.55. The monoisotopic (exact) mass is 407 g/mol. The Bertz CT molecular complexity index is 914. The summed E-state index contributed by atoms with van der Waals surface area (Å²) in [6, 6.07) is 15.6. The Balaban J connectivity index is 1.57. The molecule has 2 aromatic rings. The number of ether oxygens (including phenoxy) is 2. The van der Waals surface area contributed by atoms with Crippen molar-refractivity contribution in [1.82, 2.24) is 4.90 Å². The maximum atomic E-state index is 13.4. The lowest BCUT2D eigenvalue weighted by Crippen LogP contribution is -2.43. The zero-order chi connectivity index (χ0) is 21.1. The van der Waals surface area contributed by atoms with Crippen LogP contribution < -0.4 is 0 Å². The number of benzene rings is 2. The average molecular weight is 407 g/mol. The quantitative estimate of drug-likeness (QED) is 0.542. The molecule has 2 aromatic carbocycles. The molecule has 0 amide bonds. The van der Waals surface area contributed by atoms with Gasteiger partial charge in [-0.15, -0.1) is 0 Å². The van der Waals surface area contributed by atoms with Crippen molar-refractivity contribution in [3.63, 3.8) is 0 Å². The summed E-state index contributed by atoms with van der Waals surface area (Å²) in [5.74, 6) is -1.23. The van der Waals surface area contributed by atoms with Crippen LogP contribution in [0.4, 0.5) is 0 Å². The molecule has 4 rings (SSSR count). The first-order valence-corrected chi connectivity index (χ1v) is 10.3. The summed E-state index contributed by atoms with van der Waals surface area (Å²) in [6.07, 6.45) is -0.658. The van der Waals surface area contributed by atoms with E-state index in [1.807, 2.05) is 13.0 Å². The Labute approximate surface area is 175 Å². The number of hydrogen-bond donors (Lipinski definition) is 0. The van der Waals surface area contributed by atoms with E-state index in [9.17, 15) is 14.4 Å². The summed E-state index contributed by atoms with van der Waals surface area (Å²) >= 11 is 0. The third-order valence-electron chi connectivity index (χ3n) is 5.82. The van der Waals surface area contributed by atoms with Crippen molar-refractivity contribution in [3.8, 4) is 0 Å². The number of hydrogen-bond acceptors (Lipinski definition) is 6. The van der Waals surface area contributed by atoms with Crippen molar-refractivity contribution < 1.29 is 23.9 Å². The number of ketones is 2. The molecule has 1 aliphatic carbocycles. The van der Waals surface area contributed by atoms with Crippen molar-refractivity contribution in [2.24, 2.45) is 0 Å². The van der Waals surface area contributed by atoms with Gasteiger partial charge in [0.2, 0.25) is 0 Å². The molecule has 1 heterocycles. The van der Waals surface area contributed by atoms with Gasteiger partial charge in [0.1, 0.15) is 11.5 Å². The van der Waals surface area contributed by atoms with Gasteiger partial charge >= 0.3 is 5.97 Å². The first-order valence-electron chi connectivity index (χ1n) is 10.3. The molecule has 1 fully saturated rings. The number of carbonyl (C=O) groups excluding carboxylic acids is 3. The molecule has 6 nitrogen and oxygen atoms in total. The molecule has 0 radical (unpaired) electrons. The smallest absolute Gasteiger partial charge is 0.307 e. The lowest BCUT2D eigenvalue weighted by molar-refractivity contribution is -0.150. The minimum absolute atomic E-state index is 0.309. The number of rotatable bonds is 6. The third-order valence-corrected chi connectivity index (χ3v) is 5.82. The van der Waals surface area contributed by atoms with E-state index in [1.54, 1.807) is 48.5 Å². The second kappa shape index (κ2) is 8.50. The fourth-order valence-corrected chi connectivity index (χ4v) is 4.36. The topological polar surface area (TPSA) is 72.9 Å². The van der Waals surface area contributed by atoms with E-state index in [1.165, 1.54) is 0 Å². The van der Waals surface area contributed by atoms with Crippen molar-refractivity contribution >= 4 is 17.5 Å². The molecule has 1 aliphatic heterocycles. The first kappa shape index (κ1) is 20.4. The standard InChI is InChI=1S/C24H25NO5/c1-17(16-25-11-13-29-14-12-25)30-21(26)15-24(18-7-3-2-4-8-18)22(27)19-9-5-6-10-20(19)23(24)28/h2-10,17H,11-16H2,1H3/t17-/m1/s1. The summed E-state index contributed by atoms with van der Waals surface area (Å²) in [7, 11) is 0. The van der Waals surface area contributed by atoms with Crippen molar-refractivity contribution in [3.05, 3.63) is 71.3 Å². The van der Waals surface area contributed by atoms with E-state index in [0.717, 1.165) is 13.1 Å². The van der Waals surface area contributed by atoms with Crippen LogP contribution in [0.5, 0.6) is 0 Å². The maximum absolute atomic E-state index is 13.4. The minimum Gasteiger partial charge on any atom is -0.461 e. The number of Topliss-reactive ketones (excluding diaryl/α,β-unsaturated/α-hetero) is 2. The zero-order valence-corrected chi connectivity index (χ0v) is 17.0. The highest BCUT2D eigenvalue weighted by molar-refractivity contribution is 6.34. The zero-order valence-electron chi connectivity index (χ0n) is 17.0. The molecule has 0 unspecified atom stereocenters. The van der Waals surface area contributed by atoms with Crippen molar-refractivity contribution in [2.45, 2.75) is 24.9 Å². The van der Waals surface area contributed by atoms with Gasteiger partial charge in [-0.3, -0.25) is 19.3 Å². The number of fused-ring (bicyclic) bond motifs is 1. The van der Waals surface area contributed by atoms with E-state index in [4.69, 9.17) is 9.47 Å². The van der Waals surface area contributed by atoms with Gasteiger partial charge in [0.05, 0.1) is 19.6 Å². The van der Waals surface area contributed by atoms with Crippen LogP contribution >= 0.6 is 0 Å². The minimum atomic E-state index is -1.57. The Morgan fingerprint density at radius 3 is 2.17 bits per heavy atom. The molecule has 2 aliphatic rings. The Kier molecular flexibility index (Phi) is 5.79. The van der Waals surface area contributed by atoms with Crippen LogP contribution in [0.3, 0.4) is 0 Å². The fourth-order valence-electron chi connectivity index (χ4n) is 4.36. The summed E-state index contributed by atoms with van der Waals surface area (Å²) in [5, 5.41) is 0. The van der Waals surface area contributed by atoms with Gasteiger partial charge in [-0.1, -0.05) is 54.6 Å². The van der Waals surface area contributed by atoms with Crippen LogP contribution in [0.15, 0.2) is 54.6 Å². The molecule has 0 spiro atoms. The average Bonchev–Trinajstić information content (AvgIpc) is 2.98. The number of carbonyl (C=O) groups is 3. The molecule has 0 N–H and O–H groups in total. The van der Waals surface area contributed by atoms with Crippen molar-refractivity contribution in [1.29, 1.82) is 0 Å². The van der Waals surface area contributed by atoms with Crippen molar-refractivity contribution in [2.75, 3.05) is 32.8 Å². The van der Waals surface area contributed by atoms with E-state index in [0.29, 0.717) is 36.4 Å². The van der Waals surface area contributed by atoms with Gasteiger partial charge in [-0.05, 0) is 12.5 Å². The molecule has 1 atom stereocenters. The highest BCUT2D eigenvalue weighted by Crippen LogP contribution is 2.42. The number of nitrogens with zero attached hydrogens (tertiary/aromatic N) is 1. The normalized spacial score (nSPS) is 19.4. The molecule has 30 heavy (non-hydrogen) atoms. The summed E-state index contributed by atoms with van der Waals surface area (Å²) in [5.41, 5.74) is -0.323. The summed E-state index contributed by atoms with van der Waals surface area (Å²) in [4.78, 5) is 41.9. The number of esters is 1. The Morgan fingerprint density at radius 1 is 1.00 bits per heavy atom.